The standard InChI is InChI=1S/C19H20N4O3/c1-24-16-7-5-14(6-8-16)19-21-18(22-26-19)17-13-23(10-11-25-17)12-15-4-2-3-9-20-15/h2-9,17H,10-13H2,1H3. The van der Waals surface area contributed by atoms with Crippen molar-refractivity contribution in [2.45, 2.75) is 12.6 Å². The van der Waals surface area contributed by atoms with Gasteiger partial charge in [0.25, 0.3) is 5.89 Å². The molecule has 1 atom stereocenters. The second-order valence-electron chi connectivity index (χ2n) is 6.10. The summed E-state index contributed by atoms with van der Waals surface area (Å²) in [5.41, 5.74) is 1.89. The number of aromatic nitrogens is 3. The highest BCUT2D eigenvalue weighted by Crippen LogP contribution is 2.25. The van der Waals surface area contributed by atoms with Crippen LogP contribution in [0.4, 0.5) is 0 Å². The monoisotopic (exact) mass is 352 g/mol. The van der Waals surface area contributed by atoms with Crippen molar-refractivity contribution in [1.29, 1.82) is 0 Å². The van der Waals surface area contributed by atoms with Crippen molar-refractivity contribution < 1.29 is 14.0 Å². The fourth-order valence-electron chi connectivity index (χ4n) is 2.94. The third kappa shape index (κ3) is 3.74. The molecule has 0 aliphatic carbocycles. The molecule has 1 aliphatic rings. The summed E-state index contributed by atoms with van der Waals surface area (Å²) in [6.45, 7) is 2.97. The number of rotatable bonds is 5. The van der Waals surface area contributed by atoms with Gasteiger partial charge in [0, 0.05) is 31.4 Å². The van der Waals surface area contributed by atoms with Crippen LogP contribution in [0.25, 0.3) is 11.5 Å². The minimum Gasteiger partial charge on any atom is -0.497 e. The molecule has 26 heavy (non-hydrogen) atoms. The summed E-state index contributed by atoms with van der Waals surface area (Å²) in [4.78, 5) is 11.2. The molecule has 0 radical (unpaired) electrons. The first-order chi connectivity index (χ1) is 12.8. The number of pyridine rings is 1. The van der Waals surface area contributed by atoms with Crippen LogP contribution < -0.4 is 4.74 Å². The number of methoxy groups -OCH3 is 1. The molecule has 1 aromatic carbocycles. The van der Waals surface area contributed by atoms with Crippen LogP contribution in [-0.4, -0.2) is 46.8 Å². The van der Waals surface area contributed by atoms with E-state index < -0.39 is 0 Å². The van der Waals surface area contributed by atoms with Crippen LogP contribution >= 0.6 is 0 Å². The summed E-state index contributed by atoms with van der Waals surface area (Å²) >= 11 is 0. The van der Waals surface area contributed by atoms with E-state index in [-0.39, 0.29) is 6.10 Å². The molecule has 1 aliphatic heterocycles. The van der Waals surface area contributed by atoms with Gasteiger partial charge in [-0.15, -0.1) is 0 Å². The highest BCUT2D eigenvalue weighted by atomic mass is 16.5. The SMILES string of the molecule is COc1ccc(-c2nc(C3CN(Cc4ccccn4)CCO3)no2)cc1. The maximum Gasteiger partial charge on any atom is 0.258 e. The van der Waals surface area contributed by atoms with Crippen molar-refractivity contribution in [2.24, 2.45) is 0 Å². The Morgan fingerprint density at radius 2 is 2.08 bits per heavy atom. The average molecular weight is 352 g/mol. The molecular weight excluding hydrogens is 332 g/mol. The Morgan fingerprint density at radius 1 is 1.19 bits per heavy atom. The minimum atomic E-state index is -0.205. The zero-order chi connectivity index (χ0) is 17.8. The van der Waals surface area contributed by atoms with Gasteiger partial charge in [0.1, 0.15) is 11.9 Å². The summed E-state index contributed by atoms with van der Waals surface area (Å²) in [7, 11) is 1.64. The van der Waals surface area contributed by atoms with Crippen LogP contribution in [0.15, 0.2) is 53.2 Å². The van der Waals surface area contributed by atoms with Gasteiger partial charge in [0.2, 0.25) is 5.82 Å². The molecule has 2 aromatic heterocycles. The van der Waals surface area contributed by atoms with Crippen molar-refractivity contribution in [3.63, 3.8) is 0 Å². The van der Waals surface area contributed by atoms with Gasteiger partial charge in [0.05, 0.1) is 19.4 Å². The Labute approximate surface area is 151 Å². The summed E-state index contributed by atoms with van der Waals surface area (Å²) in [5, 5.41) is 4.12. The van der Waals surface area contributed by atoms with Gasteiger partial charge in [-0.25, -0.2) is 0 Å². The zero-order valence-electron chi connectivity index (χ0n) is 14.5. The molecular formula is C19H20N4O3. The number of benzene rings is 1. The highest BCUT2D eigenvalue weighted by Gasteiger charge is 2.26. The van der Waals surface area contributed by atoms with E-state index >= 15 is 0 Å². The summed E-state index contributed by atoms with van der Waals surface area (Å²) in [6, 6.07) is 13.5. The Bertz CT molecular complexity index is 836. The fourth-order valence-corrected chi connectivity index (χ4v) is 2.94. The largest absolute Gasteiger partial charge is 0.497 e. The first-order valence-corrected chi connectivity index (χ1v) is 8.54. The number of morpholine rings is 1. The van der Waals surface area contributed by atoms with Crippen LogP contribution in [0.3, 0.4) is 0 Å². The van der Waals surface area contributed by atoms with Gasteiger partial charge < -0.3 is 14.0 Å². The van der Waals surface area contributed by atoms with Crippen LogP contribution in [0.1, 0.15) is 17.6 Å². The van der Waals surface area contributed by atoms with Crippen LogP contribution in [0.5, 0.6) is 5.75 Å². The maximum absolute atomic E-state index is 5.85. The van der Waals surface area contributed by atoms with Gasteiger partial charge in [0.15, 0.2) is 0 Å². The second-order valence-corrected chi connectivity index (χ2v) is 6.10. The van der Waals surface area contributed by atoms with Gasteiger partial charge in [-0.05, 0) is 36.4 Å². The Hall–Kier alpha value is -2.77. The van der Waals surface area contributed by atoms with E-state index in [9.17, 15) is 0 Å². The predicted octanol–water partition coefficient (Wildman–Crippen LogP) is 2.71. The first kappa shape index (κ1) is 16.7. The molecule has 0 saturated carbocycles. The van der Waals surface area contributed by atoms with Gasteiger partial charge in [-0.3, -0.25) is 9.88 Å². The van der Waals surface area contributed by atoms with Crippen molar-refractivity contribution in [2.75, 3.05) is 26.8 Å². The number of hydrogen-bond acceptors (Lipinski definition) is 7. The number of hydrogen-bond donors (Lipinski definition) is 0. The summed E-state index contributed by atoms with van der Waals surface area (Å²) < 4.78 is 16.4. The second kappa shape index (κ2) is 7.63. The summed E-state index contributed by atoms with van der Waals surface area (Å²) in [6.07, 6.45) is 1.61. The molecule has 3 heterocycles. The molecule has 0 N–H and O–H groups in total. The first-order valence-electron chi connectivity index (χ1n) is 8.54. The van der Waals surface area contributed by atoms with Crippen molar-refractivity contribution in [1.82, 2.24) is 20.0 Å². The van der Waals surface area contributed by atoms with Gasteiger partial charge in [-0.1, -0.05) is 11.2 Å². The Kier molecular flexibility index (Phi) is 4.90. The minimum absolute atomic E-state index is 0.205. The fraction of sp³-hybridized carbons (Fsp3) is 0.316. The third-order valence-electron chi connectivity index (χ3n) is 4.33. The molecule has 7 nitrogen and oxygen atoms in total. The van der Waals surface area contributed by atoms with E-state index in [1.165, 1.54) is 0 Å². The van der Waals surface area contributed by atoms with Crippen LogP contribution in [0, 0.1) is 0 Å². The molecule has 0 spiro atoms. The van der Waals surface area contributed by atoms with Crippen molar-refractivity contribution in [3.05, 3.63) is 60.2 Å². The van der Waals surface area contributed by atoms with E-state index in [1.54, 1.807) is 7.11 Å². The average Bonchev–Trinajstić information content (AvgIpc) is 3.19. The molecule has 7 heteroatoms. The molecule has 134 valence electrons. The zero-order valence-corrected chi connectivity index (χ0v) is 14.5. The topological polar surface area (TPSA) is 73.5 Å². The number of nitrogens with zero attached hydrogens (tertiary/aromatic N) is 4. The Balaban J connectivity index is 1.44. The molecule has 0 bridgehead atoms. The molecule has 4 rings (SSSR count). The predicted molar refractivity (Wildman–Crippen MR) is 94.5 cm³/mol. The highest BCUT2D eigenvalue weighted by molar-refractivity contribution is 5.54. The molecule has 1 fully saturated rings. The normalized spacial score (nSPS) is 18.0. The van der Waals surface area contributed by atoms with Crippen LogP contribution in [0.2, 0.25) is 0 Å². The van der Waals surface area contributed by atoms with Crippen molar-refractivity contribution in [3.8, 4) is 17.2 Å². The van der Waals surface area contributed by atoms with Crippen molar-refractivity contribution >= 4 is 0 Å². The molecule has 3 aromatic rings. The maximum atomic E-state index is 5.85. The quantitative estimate of drug-likeness (QED) is 0.699. The Morgan fingerprint density at radius 3 is 2.85 bits per heavy atom. The lowest BCUT2D eigenvalue weighted by molar-refractivity contribution is -0.0384. The van der Waals surface area contributed by atoms with Crippen LogP contribution in [-0.2, 0) is 11.3 Å². The lowest BCUT2D eigenvalue weighted by Gasteiger charge is -2.31. The molecule has 1 unspecified atom stereocenters. The van der Waals surface area contributed by atoms with E-state index in [4.69, 9.17) is 14.0 Å². The van der Waals surface area contributed by atoms with Gasteiger partial charge in [-0.2, -0.15) is 4.98 Å². The number of ether oxygens (including phenoxy) is 2. The van der Waals surface area contributed by atoms with E-state index in [0.717, 1.165) is 30.1 Å². The lowest BCUT2D eigenvalue weighted by Crippen LogP contribution is -2.38. The van der Waals surface area contributed by atoms with Gasteiger partial charge >= 0.3 is 0 Å². The molecule has 1 saturated heterocycles. The lowest BCUT2D eigenvalue weighted by atomic mass is 10.2. The molecule has 0 amide bonds. The van der Waals surface area contributed by atoms with E-state index in [0.29, 0.717) is 24.9 Å². The third-order valence-corrected chi connectivity index (χ3v) is 4.33. The summed E-state index contributed by atoms with van der Waals surface area (Å²) in [5.74, 6) is 1.84. The van der Waals surface area contributed by atoms with E-state index in [1.807, 2.05) is 48.7 Å². The smallest absolute Gasteiger partial charge is 0.258 e. The van der Waals surface area contributed by atoms with E-state index in [2.05, 4.69) is 20.0 Å².